The molecule has 0 bridgehead atoms. The zero-order chi connectivity index (χ0) is 20.4. The molecule has 1 aromatic carbocycles. The maximum atomic E-state index is 13.5. The fourth-order valence-electron chi connectivity index (χ4n) is 4.41. The summed E-state index contributed by atoms with van der Waals surface area (Å²) < 4.78 is 52.1. The Balaban J connectivity index is 1.78. The van der Waals surface area contributed by atoms with E-state index in [9.17, 15) is 18.0 Å². The summed E-state index contributed by atoms with van der Waals surface area (Å²) in [5.41, 5.74) is 0.221. The molecule has 2 fully saturated rings. The van der Waals surface area contributed by atoms with Gasteiger partial charge in [0.2, 0.25) is 5.91 Å². The van der Waals surface area contributed by atoms with Crippen LogP contribution < -0.4 is 9.47 Å². The molecule has 5 nitrogen and oxygen atoms in total. The Labute approximate surface area is 162 Å². The average molecular weight is 401 g/mol. The molecule has 1 saturated heterocycles. The number of carbonyl (C=O) groups excluding carboxylic acids is 1. The molecular formula is C20H26F3NO4. The number of hydrogen-bond acceptors (Lipinski definition) is 4. The van der Waals surface area contributed by atoms with Crippen molar-refractivity contribution in [2.45, 2.75) is 56.4 Å². The zero-order valence-electron chi connectivity index (χ0n) is 16.2. The van der Waals surface area contributed by atoms with E-state index in [1.54, 1.807) is 25.2 Å². The Bertz CT molecular complexity index is 693. The van der Waals surface area contributed by atoms with Crippen LogP contribution in [0.1, 0.15) is 44.1 Å². The van der Waals surface area contributed by atoms with Gasteiger partial charge in [0.05, 0.1) is 25.7 Å². The van der Waals surface area contributed by atoms with Crippen molar-refractivity contribution in [1.29, 1.82) is 0 Å². The molecule has 0 atom stereocenters. The predicted molar refractivity (Wildman–Crippen MR) is 96.4 cm³/mol. The number of ether oxygens (including phenoxy) is 3. The van der Waals surface area contributed by atoms with Crippen LogP contribution in [-0.2, 0) is 14.9 Å². The summed E-state index contributed by atoms with van der Waals surface area (Å²) in [4.78, 5) is 15.2. The molecule has 3 rings (SSSR count). The number of hydrogen-bond donors (Lipinski definition) is 0. The third-order valence-electron chi connectivity index (χ3n) is 5.83. The molecule has 1 saturated carbocycles. The highest BCUT2D eigenvalue weighted by Gasteiger charge is 2.46. The Morgan fingerprint density at radius 1 is 1.07 bits per heavy atom. The topological polar surface area (TPSA) is 48.0 Å². The van der Waals surface area contributed by atoms with Crippen molar-refractivity contribution < 1.29 is 32.2 Å². The van der Waals surface area contributed by atoms with E-state index in [1.807, 2.05) is 12.1 Å². The van der Waals surface area contributed by atoms with Crippen molar-refractivity contribution in [2.75, 3.05) is 27.3 Å². The van der Waals surface area contributed by atoms with Gasteiger partial charge >= 0.3 is 6.36 Å². The molecule has 156 valence electrons. The lowest BCUT2D eigenvalue weighted by Crippen LogP contribution is -2.50. The van der Waals surface area contributed by atoms with E-state index in [0.717, 1.165) is 31.2 Å². The maximum Gasteiger partial charge on any atom is 0.522 e. The van der Waals surface area contributed by atoms with Gasteiger partial charge in [-0.25, -0.2) is 0 Å². The molecule has 28 heavy (non-hydrogen) atoms. The van der Waals surface area contributed by atoms with Crippen LogP contribution >= 0.6 is 0 Å². The third-order valence-corrected chi connectivity index (χ3v) is 5.83. The van der Waals surface area contributed by atoms with Gasteiger partial charge < -0.3 is 14.4 Å². The van der Waals surface area contributed by atoms with Crippen LogP contribution in [0.3, 0.4) is 0 Å². The van der Waals surface area contributed by atoms with E-state index in [4.69, 9.17) is 9.47 Å². The molecule has 0 N–H and O–H groups in total. The highest BCUT2D eigenvalue weighted by molar-refractivity contribution is 5.89. The minimum absolute atomic E-state index is 0.0114. The van der Waals surface area contributed by atoms with Crippen LogP contribution in [0.2, 0.25) is 0 Å². The summed E-state index contributed by atoms with van der Waals surface area (Å²) in [6, 6.07) is 5.54. The Morgan fingerprint density at radius 3 is 2.21 bits per heavy atom. The summed E-state index contributed by atoms with van der Waals surface area (Å²) in [6.45, 7) is 0.545. The van der Waals surface area contributed by atoms with Gasteiger partial charge in [0.25, 0.3) is 0 Å². The fraction of sp³-hybridized carbons (Fsp3) is 0.650. The third kappa shape index (κ3) is 4.21. The van der Waals surface area contributed by atoms with E-state index in [0.29, 0.717) is 11.5 Å². The maximum absolute atomic E-state index is 13.5. The van der Waals surface area contributed by atoms with Crippen LogP contribution in [-0.4, -0.2) is 50.6 Å². The second-order valence-electron chi connectivity index (χ2n) is 7.41. The molecule has 8 heteroatoms. The molecule has 1 amide bonds. The van der Waals surface area contributed by atoms with E-state index >= 15 is 0 Å². The molecular weight excluding hydrogens is 375 g/mol. The number of benzene rings is 1. The lowest BCUT2D eigenvalue weighted by atomic mass is 9.77. The summed E-state index contributed by atoms with van der Waals surface area (Å²) in [5.74, 6) is 1.15. The Kier molecular flexibility index (Phi) is 6.07. The van der Waals surface area contributed by atoms with Gasteiger partial charge in [0.1, 0.15) is 0 Å². The number of rotatable bonds is 5. The number of methoxy groups -OCH3 is 2. The van der Waals surface area contributed by atoms with Crippen molar-refractivity contribution in [3.8, 4) is 11.5 Å². The number of nitrogens with zero attached hydrogens (tertiary/aromatic N) is 1. The smallest absolute Gasteiger partial charge is 0.493 e. The summed E-state index contributed by atoms with van der Waals surface area (Å²) in [7, 11) is 3.11. The predicted octanol–water partition coefficient (Wildman–Crippen LogP) is 4.04. The van der Waals surface area contributed by atoms with Crippen molar-refractivity contribution in [2.24, 2.45) is 0 Å². The van der Waals surface area contributed by atoms with Gasteiger partial charge in [-0.05, 0) is 43.4 Å². The van der Waals surface area contributed by atoms with E-state index in [-0.39, 0.29) is 31.8 Å². The van der Waals surface area contributed by atoms with Gasteiger partial charge in [-0.15, -0.1) is 13.2 Å². The minimum Gasteiger partial charge on any atom is -0.493 e. The normalized spacial score (nSPS) is 20.2. The van der Waals surface area contributed by atoms with E-state index < -0.39 is 17.9 Å². The highest BCUT2D eigenvalue weighted by atomic mass is 19.4. The quantitative estimate of drug-likeness (QED) is 0.747. The molecule has 0 unspecified atom stereocenters. The Hall–Kier alpha value is -1.96. The van der Waals surface area contributed by atoms with Crippen LogP contribution in [0, 0.1) is 0 Å². The van der Waals surface area contributed by atoms with E-state index in [1.165, 1.54) is 0 Å². The first kappa shape index (κ1) is 20.8. The van der Waals surface area contributed by atoms with Gasteiger partial charge in [-0.2, -0.15) is 0 Å². The van der Waals surface area contributed by atoms with Crippen molar-refractivity contribution in [3.63, 3.8) is 0 Å². The van der Waals surface area contributed by atoms with Gasteiger partial charge in [-0.3, -0.25) is 9.53 Å². The number of piperidine rings is 1. The van der Waals surface area contributed by atoms with Crippen molar-refractivity contribution in [3.05, 3.63) is 23.8 Å². The van der Waals surface area contributed by atoms with Gasteiger partial charge in [0.15, 0.2) is 11.5 Å². The molecule has 1 aliphatic heterocycles. The molecule has 1 heterocycles. The highest BCUT2D eigenvalue weighted by Crippen LogP contribution is 2.45. The first-order valence-electron chi connectivity index (χ1n) is 9.55. The first-order valence-corrected chi connectivity index (χ1v) is 9.55. The largest absolute Gasteiger partial charge is 0.522 e. The lowest BCUT2D eigenvalue weighted by molar-refractivity contribution is -0.345. The molecule has 0 radical (unpaired) electrons. The molecule has 1 aliphatic carbocycles. The van der Waals surface area contributed by atoms with Crippen molar-refractivity contribution in [1.82, 2.24) is 4.90 Å². The Morgan fingerprint density at radius 2 is 1.68 bits per heavy atom. The fourth-order valence-corrected chi connectivity index (χ4v) is 4.41. The van der Waals surface area contributed by atoms with Crippen LogP contribution in [0.15, 0.2) is 18.2 Å². The molecule has 1 aromatic rings. The SMILES string of the molecule is COc1ccc(C2(C(=O)N3CCC(OC(F)(F)F)CC3)CCCC2)cc1OC. The standard InChI is InChI=1S/C20H26F3NO4/c1-26-16-6-5-14(13-17(16)27-2)19(9-3-4-10-19)18(25)24-11-7-15(8-12-24)28-20(21,22)23/h5-6,13,15H,3-4,7-12H2,1-2H3. The number of alkyl halides is 3. The second kappa shape index (κ2) is 8.19. The number of halogens is 3. The number of carbonyl (C=O) groups is 1. The average Bonchev–Trinajstić information content (AvgIpc) is 3.17. The molecule has 0 spiro atoms. The first-order chi connectivity index (χ1) is 13.3. The van der Waals surface area contributed by atoms with Crippen molar-refractivity contribution >= 4 is 5.91 Å². The molecule has 2 aliphatic rings. The van der Waals surface area contributed by atoms with Crippen LogP contribution in [0.4, 0.5) is 13.2 Å². The second-order valence-corrected chi connectivity index (χ2v) is 7.41. The summed E-state index contributed by atoms with van der Waals surface area (Å²) in [5, 5.41) is 0. The minimum atomic E-state index is -4.64. The summed E-state index contributed by atoms with van der Waals surface area (Å²) in [6.07, 6.45) is -1.82. The number of likely N-dealkylation sites (tertiary alicyclic amines) is 1. The zero-order valence-corrected chi connectivity index (χ0v) is 16.2. The monoisotopic (exact) mass is 401 g/mol. The summed E-state index contributed by atoms with van der Waals surface area (Å²) >= 11 is 0. The van der Waals surface area contributed by atoms with Crippen LogP contribution in [0.5, 0.6) is 11.5 Å². The van der Waals surface area contributed by atoms with E-state index in [2.05, 4.69) is 4.74 Å². The molecule has 0 aromatic heterocycles. The lowest BCUT2D eigenvalue weighted by Gasteiger charge is -2.39. The van der Waals surface area contributed by atoms with Gasteiger partial charge in [0, 0.05) is 13.1 Å². The van der Waals surface area contributed by atoms with Crippen LogP contribution in [0.25, 0.3) is 0 Å². The van der Waals surface area contributed by atoms with Gasteiger partial charge in [-0.1, -0.05) is 18.9 Å². The number of amides is 1.